The molecule has 15 heavy (non-hydrogen) atoms. The first-order valence-corrected chi connectivity index (χ1v) is 5.21. The predicted molar refractivity (Wildman–Crippen MR) is 58.4 cm³/mol. The van der Waals surface area contributed by atoms with E-state index in [9.17, 15) is 9.50 Å². The van der Waals surface area contributed by atoms with Crippen LogP contribution in [0.4, 0.5) is 10.1 Å². The Hall–Kier alpha value is -1.09. The van der Waals surface area contributed by atoms with Gasteiger partial charge in [-0.3, -0.25) is 0 Å². The highest BCUT2D eigenvalue weighted by Gasteiger charge is 2.26. The Morgan fingerprint density at radius 1 is 1.53 bits per heavy atom. The van der Waals surface area contributed by atoms with Crippen molar-refractivity contribution in [3.63, 3.8) is 0 Å². The summed E-state index contributed by atoms with van der Waals surface area (Å²) in [6, 6.07) is 4.99. The van der Waals surface area contributed by atoms with Crippen molar-refractivity contribution in [2.45, 2.75) is 38.3 Å². The standard InChI is InChI=1S/C12H16FNO/c1-12(2,15)7-10-6-8-5-9(13)3-4-11(8)14-10/h3-5,10,14-15H,6-7H2,1-2H3. The Kier molecular flexibility index (Phi) is 2.43. The van der Waals surface area contributed by atoms with Crippen LogP contribution in [0.3, 0.4) is 0 Å². The second kappa shape index (κ2) is 3.49. The maximum atomic E-state index is 12.9. The third-order valence-corrected chi connectivity index (χ3v) is 2.64. The first-order valence-electron chi connectivity index (χ1n) is 5.21. The number of benzene rings is 1. The first-order chi connectivity index (χ1) is 6.94. The molecule has 1 aromatic rings. The summed E-state index contributed by atoms with van der Waals surface area (Å²) < 4.78 is 12.9. The highest BCUT2D eigenvalue weighted by molar-refractivity contribution is 5.56. The molecule has 2 nitrogen and oxygen atoms in total. The van der Waals surface area contributed by atoms with E-state index in [1.54, 1.807) is 26.0 Å². The summed E-state index contributed by atoms with van der Waals surface area (Å²) >= 11 is 0. The third kappa shape index (κ3) is 2.48. The molecule has 2 rings (SSSR count). The average molecular weight is 209 g/mol. The van der Waals surface area contributed by atoms with Crippen LogP contribution in [0.5, 0.6) is 0 Å². The Morgan fingerprint density at radius 2 is 2.27 bits per heavy atom. The van der Waals surface area contributed by atoms with E-state index >= 15 is 0 Å². The second-order valence-corrected chi connectivity index (χ2v) is 4.86. The monoisotopic (exact) mass is 209 g/mol. The molecule has 0 saturated carbocycles. The van der Waals surface area contributed by atoms with Crippen molar-refractivity contribution in [3.05, 3.63) is 29.6 Å². The maximum absolute atomic E-state index is 12.9. The number of aliphatic hydroxyl groups is 1. The molecular weight excluding hydrogens is 193 g/mol. The fourth-order valence-electron chi connectivity index (χ4n) is 2.13. The maximum Gasteiger partial charge on any atom is 0.123 e. The molecule has 0 fully saturated rings. The van der Waals surface area contributed by atoms with Gasteiger partial charge in [-0.05, 0) is 50.5 Å². The van der Waals surface area contributed by atoms with Gasteiger partial charge in [-0.2, -0.15) is 0 Å². The molecule has 0 bridgehead atoms. The molecule has 1 aliphatic rings. The average Bonchev–Trinajstić information content (AvgIpc) is 2.42. The molecule has 0 aliphatic carbocycles. The van der Waals surface area contributed by atoms with Gasteiger partial charge in [0, 0.05) is 11.7 Å². The van der Waals surface area contributed by atoms with Gasteiger partial charge in [0.2, 0.25) is 0 Å². The molecule has 1 aromatic carbocycles. The lowest BCUT2D eigenvalue weighted by molar-refractivity contribution is 0.0663. The number of halogens is 1. The van der Waals surface area contributed by atoms with Crippen LogP contribution in [0.25, 0.3) is 0 Å². The number of anilines is 1. The van der Waals surface area contributed by atoms with Crippen LogP contribution in [0.15, 0.2) is 18.2 Å². The van der Waals surface area contributed by atoms with Crippen LogP contribution >= 0.6 is 0 Å². The van der Waals surface area contributed by atoms with Gasteiger partial charge in [-0.15, -0.1) is 0 Å². The number of rotatable bonds is 2. The highest BCUT2D eigenvalue weighted by Crippen LogP contribution is 2.29. The Balaban J connectivity index is 2.09. The van der Waals surface area contributed by atoms with Crippen LogP contribution in [0, 0.1) is 5.82 Å². The largest absolute Gasteiger partial charge is 0.390 e. The molecular formula is C12H16FNO. The van der Waals surface area contributed by atoms with Crippen molar-refractivity contribution in [3.8, 4) is 0 Å². The summed E-state index contributed by atoms with van der Waals surface area (Å²) in [4.78, 5) is 0. The van der Waals surface area contributed by atoms with Gasteiger partial charge in [0.15, 0.2) is 0 Å². The van der Waals surface area contributed by atoms with E-state index in [1.165, 1.54) is 6.07 Å². The minimum Gasteiger partial charge on any atom is -0.390 e. The van der Waals surface area contributed by atoms with Gasteiger partial charge in [0.1, 0.15) is 5.82 Å². The van der Waals surface area contributed by atoms with Crippen LogP contribution < -0.4 is 5.32 Å². The van der Waals surface area contributed by atoms with Crippen molar-refractivity contribution in [2.24, 2.45) is 0 Å². The van der Waals surface area contributed by atoms with Gasteiger partial charge in [-0.1, -0.05) is 0 Å². The van der Waals surface area contributed by atoms with E-state index in [0.717, 1.165) is 17.7 Å². The van der Waals surface area contributed by atoms with Gasteiger partial charge in [-0.25, -0.2) is 4.39 Å². The predicted octanol–water partition coefficient (Wildman–Crippen LogP) is 2.32. The Morgan fingerprint density at radius 3 is 2.93 bits per heavy atom. The Labute approximate surface area is 89.1 Å². The summed E-state index contributed by atoms with van der Waals surface area (Å²) in [7, 11) is 0. The summed E-state index contributed by atoms with van der Waals surface area (Å²) in [5.74, 6) is -0.195. The summed E-state index contributed by atoms with van der Waals surface area (Å²) in [6.07, 6.45) is 1.46. The minimum absolute atomic E-state index is 0.195. The van der Waals surface area contributed by atoms with E-state index in [-0.39, 0.29) is 11.9 Å². The molecule has 0 amide bonds. The zero-order valence-electron chi connectivity index (χ0n) is 9.05. The molecule has 1 atom stereocenters. The van der Waals surface area contributed by atoms with Crippen molar-refractivity contribution < 1.29 is 9.50 Å². The van der Waals surface area contributed by atoms with E-state index in [4.69, 9.17) is 0 Å². The van der Waals surface area contributed by atoms with Gasteiger partial charge in [0.25, 0.3) is 0 Å². The number of nitrogens with one attached hydrogen (secondary N) is 1. The van der Waals surface area contributed by atoms with Crippen LogP contribution in [-0.2, 0) is 6.42 Å². The summed E-state index contributed by atoms with van der Waals surface area (Å²) in [6.45, 7) is 3.58. The number of hydrogen-bond donors (Lipinski definition) is 2. The second-order valence-electron chi connectivity index (χ2n) is 4.86. The van der Waals surface area contributed by atoms with Gasteiger partial charge < -0.3 is 10.4 Å². The summed E-state index contributed by atoms with van der Waals surface area (Å²) in [5, 5.41) is 13.0. The van der Waals surface area contributed by atoms with Crippen molar-refractivity contribution in [1.29, 1.82) is 0 Å². The first kappa shape index (κ1) is 10.4. The normalized spacial score (nSPS) is 19.9. The number of fused-ring (bicyclic) bond motifs is 1. The topological polar surface area (TPSA) is 32.3 Å². The highest BCUT2D eigenvalue weighted by atomic mass is 19.1. The van der Waals surface area contributed by atoms with Gasteiger partial charge >= 0.3 is 0 Å². The fourth-order valence-corrected chi connectivity index (χ4v) is 2.13. The van der Waals surface area contributed by atoms with Crippen molar-refractivity contribution >= 4 is 5.69 Å². The molecule has 82 valence electrons. The lowest BCUT2D eigenvalue weighted by atomic mass is 9.97. The molecule has 0 spiro atoms. The zero-order chi connectivity index (χ0) is 11.1. The van der Waals surface area contributed by atoms with Gasteiger partial charge in [0.05, 0.1) is 5.60 Å². The van der Waals surface area contributed by atoms with E-state index in [0.29, 0.717) is 6.42 Å². The molecule has 1 heterocycles. The lowest BCUT2D eigenvalue weighted by Crippen LogP contribution is -2.29. The van der Waals surface area contributed by atoms with Crippen LogP contribution in [-0.4, -0.2) is 16.7 Å². The van der Waals surface area contributed by atoms with Crippen LogP contribution in [0.1, 0.15) is 25.8 Å². The number of hydrogen-bond acceptors (Lipinski definition) is 2. The smallest absolute Gasteiger partial charge is 0.123 e. The molecule has 0 radical (unpaired) electrons. The van der Waals surface area contributed by atoms with E-state index in [2.05, 4.69) is 5.32 Å². The quantitative estimate of drug-likeness (QED) is 0.783. The van der Waals surface area contributed by atoms with Crippen molar-refractivity contribution in [1.82, 2.24) is 0 Å². The molecule has 0 saturated heterocycles. The SMILES string of the molecule is CC(C)(O)CC1Cc2cc(F)ccc2N1. The van der Waals surface area contributed by atoms with E-state index < -0.39 is 5.60 Å². The molecule has 1 aliphatic heterocycles. The lowest BCUT2D eigenvalue weighted by Gasteiger charge is -2.22. The minimum atomic E-state index is -0.682. The Bertz CT molecular complexity index is 370. The summed E-state index contributed by atoms with van der Waals surface area (Å²) in [5.41, 5.74) is 1.31. The fraction of sp³-hybridized carbons (Fsp3) is 0.500. The molecule has 2 N–H and O–H groups in total. The molecule has 1 unspecified atom stereocenters. The van der Waals surface area contributed by atoms with E-state index in [1.807, 2.05) is 0 Å². The molecule has 3 heteroatoms. The van der Waals surface area contributed by atoms with Crippen LogP contribution in [0.2, 0.25) is 0 Å². The molecule has 0 aromatic heterocycles. The third-order valence-electron chi connectivity index (χ3n) is 2.64. The van der Waals surface area contributed by atoms with Crippen molar-refractivity contribution in [2.75, 3.05) is 5.32 Å². The zero-order valence-corrected chi connectivity index (χ0v) is 9.05.